The predicted octanol–water partition coefficient (Wildman–Crippen LogP) is 6.67. The van der Waals surface area contributed by atoms with Gasteiger partial charge in [0.05, 0.1) is 11.1 Å². The number of oxazole rings is 1. The summed E-state index contributed by atoms with van der Waals surface area (Å²) in [5, 5.41) is 2.81. The topological polar surface area (TPSA) is 55.1 Å². The molecule has 0 saturated carbocycles. The van der Waals surface area contributed by atoms with Crippen molar-refractivity contribution >= 4 is 17.0 Å². The van der Waals surface area contributed by atoms with Gasteiger partial charge in [-0.3, -0.25) is 4.79 Å². The van der Waals surface area contributed by atoms with Crippen molar-refractivity contribution in [1.82, 2.24) is 10.3 Å². The number of rotatable bonds is 6. The van der Waals surface area contributed by atoms with E-state index in [1.165, 1.54) is 18.2 Å². The first-order chi connectivity index (χ1) is 14.8. The molecule has 0 aliphatic rings. The van der Waals surface area contributed by atoms with Crippen molar-refractivity contribution in [2.24, 2.45) is 0 Å². The molecule has 4 nitrogen and oxygen atoms in total. The third-order valence-corrected chi connectivity index (χ3v) is 4.64. The van der Waals surface area contributed by atoms with E-state index in [2.05, 4.69) is 16.9 Å². The second-order valence-electron chi connectivity index (χ2n) is 6.73. The highest BCUT2D eigenvalue weighted by Crippen LogP contribution is 2.37. The van der Waals surface area contributed by atoms with E-state index in [0.717, 1.165) is 11.6 Å². The minimum Gasteiger partial charge on any atom is -0.436 e. The number of carbonyl (C=O) groups excluding carboxylic acids is 1. The van der Waals surface area contributed by atoms with Crippen LogP contribution in [-0.2, 0) is 6.18 Å². The number of halogens is 3. The Bertz CT molecular complexity index is 1190. The average Bonchev–Trinajstić information content (AvgIpc) is 3.19. The van der Waals surface area contributed by atoms with Crippen LogP contribution in [0.25, 0.3) is 22.6 Å². The Morgan fingerprint density at radius 2 is 1.94 bits per heavy atom. The van der Waals surface area contributed by atoms with Gasteiger partial charge in [-0.05, 0) is 49.3 Å². The normalized spacial score (nSPS) is 12.5. The standard InChI is InChI=1S/C24H21F3N2O2/c1-4-6-13-19(15(3)5-2)28-22(30)17-11-9-14-20-21(17)29-23(31-20)16-10-7-8-12-18(16)24(25,26)27/h4,6-14H,3,5H2,1-2H3,(H,28,30). The third-order valence-electron chi connectivity index (χ3n) is 4.64. The fraction of sp³-hybridized carbons (Fsp3) is 0.167. The minimum absolute atomic E-state index is 0.180. The summed E-state index contributed by atoms with van der Waals surface area (Å²) >= 11 is 0. The molecule has 0 fully saturated rings. The summed E-state index contributed by atoms with van der Waals surface area (Å²) in [6, 6.07) is 9.71. The first-order valence-corrected chi connectivity index (χ1v) is 9.64. The fourth-order valence-corrected chi connectivity index (χ4v) is 2.98. The molecule has 2 aromatic carbocycles. The largest absolute Gasteiger partial charge is 0.436 e. The van der Waals surface area contributed by atoms with Gasteiger partial charge in [0, 0.05) is 11.3 Å². The third kappa shape index (κ3) is 4.77. The second kappa shape index (κ2) is 9.04. The van der Waals surface area contributed by atoms with Crippen molar-refractivity contribution in [2.45, 2.75) is 26.4 Å². The summed E-state index contributed by atoms with van der Waals surface area (Å²) in [7, 11) is 0. The van der Waals surface area contributed by atoms with Gasteiger partial charge >= 0.3 is 6.18 Å². The second-order valence-corrected chi connectivity index (χ2v) is 6.73. The molecule has 0 saturated heterocycles. The molecule has 1 amide bonds. The molecule has 0 radical (unpaired) electrons. The van der Waals surface area contributed by atoms with Crippen LogP contribution in [0.1, 0.15) is 36.2 Å². The Labute approximate surface area is 177 Å². The first-order valence-electron chi connectivity index (χ1n) is 9.64. The molecular formula is C24H21F3N2O2. The van der Waals surface area contributed by atoms with E-state index in [0.29, 0.717) is 12.1 Å². The van der Waals surface area contributed by atoms with Crippen LogP contribution in [0.2, 0.25) is 0 Å². The van der Waals surface area contributed by atoms with Gasteiger partial charge in [-0.15, -0.1) is 0 Å². The van der Waals surface area contributed by atoms with Gasteiger partial charge in [-0.2, -0.15) is 13.2 Å². The number of fused-ring (bicyclic) bond motifs is 1. The highest BCUT2D eigenvalue weighted by Gasteiger charge is 2.34. The number of alkyl halides is 3. The zero-order valence-corrected chi connectivity index (χ0v) is 17.1. The van der Waals surface area contributed by atoms with Crippen molar-refractivity contribution in [1.29, 1.82) is 0 Å². The molecule has 1 aromatic heterocycles. The highest BCUT2D eigenvalue weighted by atomic mass is 19.4. The molecule has 1 N–H and O–H groups in total. The number of benzene rings is 2. The summed E-state index contributed by atoms with van der Waals surface area (Å²) in [5.74, 6) is -0.661. The van der Waals surface area contributed by atoms with Crippen LogP contribution >= 0.6 is 0 Å². The van der Waals surface area contributed by atoms with Gasteiger partial charge in [-0.1, -0.05) is 43.9 Å². The van der Waals surface area contributed by atoms with Gasteiger partial charge in [0.2, 0.25) is 5.89 Å². The molecule has 3 rings (SSSR count). The predicted molar refractivity (Wildman–Crippen MR) is 114 cm³/mol. The highest BCUT2D eigenvalue weighted by molar-refractivity contribution is 6.05. The van der Waals surface area contributed by atoms with Crippen LogP contribution in [0.15, 0.2) is 83.0 Å². The molecule has 160 valence electrons. The van der Waals surface area contributed by atoms with E-state index in [9.17, 15) is 18.0 Å². The summed E-state index contributed by atoms with van der Waals surface area (Å²) in [5.41, 5.74) is 0.820. The Balaban J connectivity index is 2.05. The van der Waals surface area contributed by atoms with Crippen molar-refractivity contribution < 1.29 is 22.4 Å². The maximum atomic E-state index is 13.4. The molecule has 0 unspecified atom stereocenters. The van der Waals surface area contributed by atoms with Gasteiger partial charge in [0.15, 0.2) is 5.58 Å². The minimum atomic E-state index is -4.57. The summed E-state index contributed by atoms with van der Waals surface area (Å²) < 4.78 is 45.8. The van der Waals surface area contributed by atoms with Crippen molar-refractivity contribution in [3.05, 3.63) is 89.7 Å². The monoisotopic (exact) mass is 426 g/mol. The zero-order chi connectivity index (χ0) is 22.6. The number of allylic oxidation sites excluding steroid dienone is 4. The molecule has 0 bridgehead atoms. The molecule has 0 atom stereocenters. The summed E-state index contributed by atoms with van der Waals surface area (Å²) in [6.07, 6.45) is 1.40. The van der Waals surface area contributed by atoms with Gasteiger partial charge in [0.25, 0.3) is 5.91 Å². The number of amides is 1. The fourth-order valence-electron chi connectivity index (χ4n) is 2.98. The molecule has 0 aliphatic carbocycles. The number of hydrogen-bond donors (Lipinski definition) is 1. The smallest absolute Gasteiger partial charge is 0.417 e. The zero-order valence-electron chi connectivity index (χ0n) is 17.1. The van der Waals surface area contributed by atoms with Crippen LogP contribution < -0.4 is 5.32 Å². The maximum absolute atomic E-state index is 13.4. The summed E-state index contributed by atoms with van der Waals surface area (Å²) in [6.45, 7) is 7.72. The number of nitrogens with one attached hydrogen (secondary N) is 1. The molecule has 31 heavy (non-hydrogen) atoms. The van der Waals surface area contributed by atoms with Crippen LogP contribution in [0.5, 0.6) is 0 Å². The number of aromatic nitrogens is 1. The van der Waals surface area contributed by atoms with Crippen molar-refractivity contribution in [3.8, 4) is 11.5 Å². The van der Waals surface area contributed by atoms with Crippen molar-refractivity contribution in [2.75, 3.05) is 0 Å². The van der Waals surface area contributed by atoms with E-state index >= 15 is 0 Å². The lowest BCUT2D eigenvalue weighted by atomic mass is 10.1. The number of carbonyl (C=O) groups is 1. The molecule has 0 spiro atoms. The number of para-hydroxylation sites is 1. The first kappa shape index (κ1) is 22.1. The SMILES string of the molecule is C=C(CC)C(=CC=CC)NC(=O)c1cccc2oc(-c3ccccc3C(F)(F)F)nc12. The lowest BCUT2D eigenvalue weighted by molar-refractivity contribution is -0.137. The van der Waals surface area contributed by atoms with Crippen LogP contribution in [0.4, 0.5) is 13.2 Å². The van der Waals surface area contributed by atoms with Gasteiger partial charge < -0.3 is 9.73 Å². The molecule has 7 heteroatoms. The van der Waals surface area contributed by atoms with Crippen molar-refractivity contribution in [3.63, 3.8) is 0 Å². The molecule has 1 heterocycles. The van der Waals surface area contributed by atoms with E-state index in [4.69, 9.17) is 4.42 Å². The Hall–Kier alpha value is -3.61. The Morgan fingerprint density at radius 1 is 1.19 bits per heavy atom. The number of hydrogen-bond acceptors (Lipinski definition) is 3. The van der Waals surface area contributed by atoms with Crippen LogP contribution in [0.3, 0.4) is 0 Å². The van der Waals surface area contributed by atoms with Crippen LogP contribution in [0, 0.1) is 0 Å². The maximum Gasteiger partial charge on any atom is 0.417 e. The molecule has 0 aliphatic heterocycles. The Kier molecular flexibility index (Phi) is 6.44. The number of nitrogens with zero attached hydrogens (tertiary/aromatic N) is 1. The van der Waals surface area contributed by atoms with Gasteiger partial charge in [0.1, 0.15) is 5.52 Å². The Morgan fingerprint density at radius 3 is 2.61 bits per heavy atom. The molecular weight excluding hydrogens is 405 g/mol. The lowest BCUT2D eigenvalue weighted by Crippen LogP contribution is -2.23. The summed E-state index contributed by atoms with van der Waals surface area (Å²) in [4.78, 5) is 17.2. The van der Waals surface area contributed by atoms with E-state index in [-0.39, 0.29) is 28.1 Å². The van der Waals surface area contributed by atoms with Gasteiger partial charge in [-0.25, -0.2) is 4.98 Å². The van der Waals surface area contributed by atoms with E-state index in [1.54, 1.807) is 30.4 Å². The van der Waals surface area contributed by atoms with E-state index in [1.807, 2.05) is 19.9 Å². The van der Waals surface area contributed by atoms with Crippen LogP contribution in [-0.4, -0.2) is 10.9 Å². The molecule has 3 aromatic rings. The quantitative estimate of drug-likeness (QED) is 0.448. The lowest BCUT2D eigenvalue weighted by Gasteiger charge is -2.11. The van der Waals surface area contributed by atoms with E-state index < -0.39 is 17.6 Å². The average molecular weight is 426 g/mol.